The van der Waals surface area contributed by atoms with E-state index in [0.717, 1.165) is 12.8 Å². The average Bonchev–Trinajstić information content (AvgIpc) is 2.71. The molecule has 2 heterocycles. The third-order valence-electron chi connectivity index (χ3n) is 2.84. The first-order valence-corrected chi connectivity index (χ1v) is 5.19. The number of hydrogen-bond donors (Lipinski definition) is 0. The van der Waals surface area contributed by atoms with E-state index < -0.39 is 0 Å². The van der Waals surface area contributed by atoms with Crippen molar-refractivity contribution in [3.8, 4) is 0 Å². The predicted octanol–water partition coefficient (Wildman–Crippen LogP) is 0.357. The van der Waals surface area contributed by atoms with Gasteiger partial charge in [0.2, 0.25) is 0 Å². The predicted molar refractivity (Wildman–Crippen MR) is 49.8 cm³/mol. The minimum absolute atomic E-state index is 0.0787. The van der Waals surface area contributed by atoms with Gasteiger partial charge < -0.3 is 9.64 Å². The minimum atomic E-state index is -0.233. The van der Waals surface area contributed by atoms with Crippen LogP contribution >= 0.6 is 0 Å². The van der Waals surface area contributed by atoms with Gasteiger partial charge in [0.15, 0.2) is 0 Å². The first-order chi connectivity index (χ1) is 6.77. The van der Waals surface area contributed by atoms with Crippen LogP contribution in [0.3, 0.4) is 0 Å². The molecule has 0 saturated carbocycles. The van der Waals surface area contributed by atoms with Gasteiger partial charge in [-0.25, -0.2) is 0 Å². The molecule has 2 aliphatic rings. The Kier molecular flexibility index (Phi) is 2.82. The Hall–Kier alpha value is -0.900. The first-order valence-electron chi connectivity index (χ1n) is 5.19. The van der Waals surface area contributed by atoms with E-state index in [0.29, 0.717) is 32.5 Å². The van der Waals surface area contributed by atoms with Gasteiger partial charge in [-0.1, -0.05) is 0 Å². The maximum Gasteiger partial charge on any atom is 0.251 e. The lowest BCUT2D eigenvalue weighted by Crippen LogP contribution is -2.43. The van der Waals surface area contributed by atoms with Crippen LogP contribution in [0.1, 0.15) is 25.7 Å². The van der Waals surface area contributed by atoms with Crippen LogP contribution in [0.15, 0.2) is 0 Å². The van der Waals surface area contributed by atoms with Crippen molar-refractivity contribution in [2.24, 2.45) is 0 Å². The largest absolute Gasteiger partial charge is 0.368 e. The molecule has 4 nitrogen and oxygen atoms in total. The van der Waals surface area contributed by atoms with Crippen LogP contribution in [-0.2, 0) is 14.3 Å². The molecule has 0 bridgehead atoms. The summed E-state index contributed by atoms with van der Waals surface area (Å²) in [6.45, 7) is 1.86. The van der Waals surface area contributed by atoms with Crippen molar-refractivity contribution < 1.29 is 14.3 Å². The highest BCUT2D eigenvalue weighted by Gasteiger charge is 2.30. The van der Waals surface area contributed by atoms with Crippen molar-refractivity contribution in [3.63, 3.8) is 0 Å². The summed E-state index contributed by atoms with van der Waals surface area (Å²) in [6, 6.07) is 0. The second kappa shape index (κ2) is 4.09. The van der Waals surface area contributed by atoms with Crippen molar-refractivity contribution in [3.05, 3.63) is 0 Å². The second-order valence-electron chi connectivity index (χ2n) is 3.87. The van der Waals surface area contributed by atoms with Gasteiger partial charge >= 0.3 is 0 Å². The molecule has 1 atom stereocenters. The first kappa shape index (κ1) is 9.65. The SMILES string of the molecule is O=C1CCN(C(=O)C2CCCO2)CC1. The Labute approximate surface area is 83.2 Å². The fourth-order valence-electron chi connectivity index (χ4n) is 1.95. The third-order valence-corrected chi connectivity index (χ3v) is 2.84. The Morgan fingerprint density at radius 2 is 2.07 bits per heavy atom. The smallest absolute Gasteiger partial charge is 0.251 e. The zero-order chi connectivity index (χ0) is 9.97. The molecule has 2 rings (SSSR count). The van der Waals surface area contributed by atoms with E-state index in [-0.39, 0.29) is 17.8 Å². The summed E-state index contributed by atoms with van der Waals surface area (Å²) in [7, 11) is 0. The number of hydrogen-bond acceptors (Lipinski definition) is 3. The summed E-state index contributed by atoms with van der Waals surface area (Å²) in [5.74, 6) is 0.344. The Bertz CT molecular complexity index is 236. The van der Waals surface area contributed by atoms with Gasteiger partial charge in [0.05, 0.1) is 0 Å². The van der Waals surface area contributed by atoms with Gasteiger partial charge in [-0.2, -0.15) is 0 Å². The molecule has 2 saturated heterocycles. The molecule has 4 heteroatoms. The molecule has 1 amide bonds. The number of carbonyl (C=O) groups is 2. The van der Waals surface area contributed by atoms with Gasteiger partial charge in [0, 0.05) is 32.5 Å². The van der Waals surface area contributed by atoms with Crippen LogP contribution in [0, 0.1) is 0 Å². The topological polar surface area (TPSA) is 46.6 Å². The number of likely N-dealkylation sites (tertiary alicyclic amines) is 1. The van der Waals surface area contributed by atoms with Crippen molar-refractivity contribution >= 4 is 11.7 Å². The fourth-order valence-corrected chi connectivity index (χ4v) is 1.95. The number of amides is 1. The molecule has 2 aliphatic heterocycles. The molecule has 0 N–H and O–H groups in total. The Balaban J connectivity index is 1.88. The van der Waals surface area contributed by atoms with Crippen molar-refractivity contribution in [2.75, 3.05) is 19.7 Å². The van der Waals surface area contributed by atoms with Crippen LogP contribution < -0.4 is 0 Å². The van der Waals surface area contributed by atoms with E-state index in [4.69, 9.17) is 4.74 Å². The van der Waals surface area contributed by atoms with E-state index in [9.17, 15) is 9.59 Å². The van der Waals surface area contributed by atoms with Gasteiger partial charge in [0.1, 0.15) is 11.9 Å². The lowest BCUT2D eigenvalue weighted by Gasteiger charge is -2.28. The molecular weight excluding hydrogens is 182 g/mol. The lowest BCUT2D eigenvalue weighted by molar-refractivity contribution is -0.143. The molecular formula is C10H15NO3. The number of Topliss-reactive ketones (excluding diaryl/α,β-unsaturated/α-hetero) is 1. The quantitative estimate of drug-likeness (QED) is 0.609. The number of piperidine rings is 1. The van der Waals surface area contributed by atoms with Crippen LogP contribution in [0.2, 0.25) is 0 Å². The van der Waals surface area contributed by atoms with Crippen LogP contribution in [0.4, 0.5) is 0 Å². The summed E-state index contributed by atoms with van der Waals surface area (Å²) in [4.78, 5) is 24.5. The zero-order valence-corrected chi connectivity index (χ0v) is 8.20. The maximum absolute atomic E-state index is 11.8. The molecule has 0 aliphatic carbocycles. The monoisotopic (exact) mass is 197 g/mol. The summed E-state index contributed by atoms with van der Waals surface area (Å²) >= 11 is 0. The van der Waals surface area contributed by atoms with Gasteiger partial charge in [-0.15, -0.1) is 0 Å². The molecule has 0 aromatic rings. The molecule has 1 unspecified atom stereocenters. The molecule has 0 aromatic carbocycles. The average molecular weight is 197 g/mol. The Morgan fingerprint density at radius 3 is 2.64 bits per heavy atom. The third kappa shape index (κ3) is 1.95. The number of rotatable bonds is 1. The van der Waals surface area contributed by atoms with Crippen molar-refractivity contribution in [2.45, 2.75) is 31.8 Å². The van der Waals surface area contributed by atoms with Crippen molar-refractivity contribution in [1.29, 1.82) is 0 Å². The number of ether oxygens (including phenoxy) is 1. The summed E-state index contributed by atoms with van der Waals surface area (Å²) in [5, 5.41) is 0. The zero-order valence-electron chi connectivity index (χ0n) is 8.20. The van der Waals surface area contributed by atoms with Crippen LogP contribution in [0.5, 0.6) is 0 Å². The molecule has 0 aromatic heterocycles. The summed E-state index contributed by atoms with van der Waals surface area (Å²) in [6.07, 6.45) is 2.60. The van der Waals surface area contributed by atoms with Crippen molar-refractivity contribution in [1.82, 2.24) is 4.90 Å². The molecule has 0 spiro atoms. The molecule has 0 radical (unpaired) electrons. The van der Waals surface area contributed by atoms with Crippen LogP contribution in [-0.4, -0.2) is 42.4 Å². The number of ketones is 1. The van der Waals surface area contributed by atoms with Crippen LogP contribution in [0.25, 0.3) is 0 Å². The second-order valence-corrected chi connectivity index (χ2v) is 3.87. The highest BCUT2D eigenvalue weighted by molar-refractivity contribution is 5.85. The molecule has 78 valence electrons. The van der Waals surface area contributed by atoms with Gasteiger partial charge in [-0.3, -0.25) is 9.59 Å². The van der Waals surface area contributed by atoms with E-state index in [1.165, 1.54) is 0 Å². The Morgan fingerprint density at radius 1 is 1.36 bits per heavy atom. The minimum Gasteiger partial charge on any atom is -0.368 e. The lowest BCUT2D eigenvalue weighted by atomic mass is 10.1. The fraction of sp³-hybridized carbons (Fsp3) is 0.800. The summed E-state index contributed by atoms with van der Waals surface area (Å²) in [5.41, 5.74) is 0. The highest BCUT2D eigenvalue weighted by atomic mass is 16.5. The van der Waals surface area contributed by atoms with E-state index in [2.05, 4.69) is 0 Å². The number of nitrogens with zero attached hydrogens (tertiary/aromatic N) is 1. The number of carbonyl (C=O) groups excluding carboxylic acids is 2. The normalized spacial score (nSPS) is 28.1. The molecule has 2 fully saturated rings. The summed E-state index contributed by atoms with van der Waals surface area (Å²) < 4.78 is 5.32. The highest BCUT2D eigenvalue weighted by Crippen LogP contribution is 2.16. The maximum atomic E-state index is 11.8. The van der Waals surface area contributed by atoms with Gasteiger partial charge in [0.25, 0.3) is 5.91 Å². The van der Waals surface area contributed by atoms with E-state index >= 15 is 0 Å². The van der Waals surface area contributed by atoms with E-state index in [1.54, 1.807) is 4.90 Å². The van der Waals surface area contributed by atoms with E-state index in [1.807, 2.05) is 0 Å². The van der Waals surface area contributed by atoms with Gasteiger partial charge in [-0.05, 0) is 12.8 Å². The molecule has 14 heavy (non-hydrogen) atoms. The standard InChI is InChI=1S/C10H15NO3/c12-8-3-5-11(6-4-8)10(13)9-2-1-7-14-9/h9H,1-7H2.